The van der Waals surface area contributed by atoms with Gasteiger partial charge in [-0.25, -0.2) is 4.98 Å². The predicted molar refractivity (Wildman–Crippen MR) is 49.9 cm³/mol. The molecule has 0 atom stereocenters. The van der Waals surface area contributed by atoms with Gasteiger partial charge in [0.05, 0.1) is 12.2 Å². The normalized spacial score (nSPS) is 16.9. The first-order valence-electron chi connectivity index (χ1n) is 4.61. The average Bonchev–Trinajstić information content (AvgIpc) is 2.41. The van der Waals surface area contributed by atoms with Crippen LogP contribution in [0.4, 0.5) is 0 Å². The molecule has 1 aliphatic heterocycles. The molecule has 1 aliphatic rings. The Morgan fingerprint density at radius 2 is 2.23 bits per heavy atom. The molecule has 0 bridgehead atoms. The minimum Gasteiger partial charge on any atom is -0.444 e. The van der Waals surface area contributed by atoms with Gasteiger partial charge in [-0.05, 0) is 5.92 Å². The van der Waals surface area contributed by atoms with E-state index in [-0.39, 0.29) is 0 Å². The highest BCUT2D eigenvalue weighted by Crippen LogP contribution is 2.23. The highest BCUT2D eigenvalue weighted by atomic mass is 16.4. The molecule has 71 valence electrons. The lowest BCUT2D eigenvalue weighted by atomic mass is 10.2. The van der Waals surface area contributed by atoms with Gasteiger partial charge in [0.2, 0.25) is 0 Å². The van der Waals surface area contributed by atoms with E-state index in [0.29, 0.717) is 0 Å². The molecule has 0 aliphatic carbocycles. The van der Waals surface area contributed by atoms with E-state index in [2.05, 4.69) is 23.7 Å². The first kappa shape index (κ1) is 8.75. The van der Waals surface area contributed by atoms with Gasteiger partial charge in [0.1, 0.15) is 5.76 Å². The number of hydrogen-bond donors (Lipinski definition) is 0. The van der Waals surface area contributed by atoms with Crippen LogP contribution < -0.4 is 0 Å². The molecule has 2 heterocycles. The maximum absolute atomic E-state index is 5.48. The highest BCUT2D eigenvalue weighted by Gasteiger charge is 2.24. The van der Waals surface area contributed by atoms with Crippen molar-refractivity contribution in [3.63, 3.8) is 0 Å². The topological polar surface area (TPSA) is 29.3 Å². The molecule has 0 unspecified atom stereocenters. The quantitative estimate of drug-likeness (QED) is 0.694. The van der Waals surface area contributed by atoms with Crippen LogP contribution in [0.25, 0.3) is 0 Å². The molecule has 0 amide bonds. The zero-order chi connectivity index (χ0) is 9.42. The molecule has 1 aromatic rings. The van der Waals surface area contributed by atoms with Gasteiger partial charge in [-0.3, -0.25) is 4.90 Å². The fraction of sp³-hybridized carbons (Fsp3) is 0.600. The van der Waals surface area contributed by atoms with Gasteiger partial charge in [0.15, 0.2) is 5.89 Å². The lowest BCUT2D eigenvalue weighted by molar-refractivity contribution is 0.273. The maximum atomic E-state index is 5.48. The van der Waals surface area contributed by atoms with Crippen molar-refractivity contribution >= 4 is 0 Å². The molecular weight excluding hydrogens is 164 g/mol. The summed E-state index contributed by atoms with van der Waals surface area (Å²) >= 11 is 0. The highest BCUT2D eigenvalue weighted by molar-refractivity contribution is 5.14. The van der Waals surface area contributed by atoms with Gasteiger partial charge in [0.25, 0.3) is 0 Å². The molecule has 0 saturated carbocycles. The Hall–Kier alpha value is -0.830. The monoisotopic (exact) mass is 179 g/mol. The van der Waals surface area contributed by atoms with Crippen LogP contribution in [0.2, 0.25) is 0 Å². The van der Waals surface area contributed by atoms with Crippen LogP contribution in [0.3, 0.4) is 0 Å². The molecule has 0 N–H and O–H groups in total. The van der Waals surface area contributed by atoms with Crippen molar-refractivity contribution in [1.82, 2.24) is 9.88 Å². The number of nitrogens with zero attached hydrogens (tertiary/aromatic N) is 2. The summed E-state index contributed by atoms with van der Waals surface area (Å²) in [5, 5.41) is 0. The molecule has 0 saturated heterocycles. The fourth-order valence-corrected chi connectivity index (χ4v) is 1.79. The van der Waals surface area contributed by atoms with Crippen molar-refractivity contribution in [3.8, 4) is 0 Å². The summed E-state index contributed by atoms with van der Waals surface area (Å²) in [6.07, 6.45) is 0. The second-order valence-electron chi connectivity index (χ2n) is 3.96. The molecular formula is C10H15N2O. The second kappa shape index (κ2) is 3.14. The van der Waals surface area contributed by atoms with E-state index in [1.54, 1.807) is 0 Å². The van der Waals surface area contributed by atoms with Crippen LogP contribution in [0, 0.1) is 12.8 Å². The lowest BCUT2D eigenvalue weighted by Gasteiger charge is -2.15. The van der Waals surface area contributed by atoms with Crippen molar-refractivity contribution in [2.24, 2.45) is 0 Å². The molecule has 1 aromatic heterocycles. The van der Waals surface area contributed by atoms with Gasteiger partial charge in [-0.15, -0.1) is 0 Å². The van der Waals surface area contributed by atoms with E-state index in [1.165, 1.54) is 5.92 Å². The molecule has 2 rings (SSSR count). The molecule has 3 heteroatoms. The Kier molecular flexibility index (Phi) is 2.12. The largest absolute Gasteiger partial charge is 0.444 e. The Morgan fingerprint density at radius 1 is 1.46 bits per heavy atom. The van der Waals surface area contributed by atoms with Gasteiger partial charge in [-0.2, -0.15) is 0 Å². The first-order valence-corrected chi connectivity index (χ1v) is 4.61. The van der Waals surface area contributed by atoms with Crippen LogP contribution in [0.5, 0.6) is 0 Å². The SMILES string of the molecule is C[C](C)CN1Cc2nc(C)oc2C1. The van der Waals surface area contributed by atoms with Gasteiger partial charge < -0.3 is 4.42 Å². The molecule has 1 radical (unpaired) electrons. The summed E-state index contributed by atoms with van der Waals surface area (Å²) in [4.78, 5) is 6.67. The summed E-state index contributed by atoms with van der Waals surface area (Å²) in [7, 11) is 0. The molecule has 0 spiro atoms. The Balaban J connectivity index is 2.02. The minimum absolute atomic E-state index is 0.793. The predicted octanol–water partition coefficient (Wildman–Crippen LogP) is 1.91. The number of rotatable bonds is 2. The van der Waals surface area contributed by atoms with Crippen LogP contribution in [0.15, 0.2) is 4.42 Å². The van der Waals surface area contributed by atoms with Crippen LogP contribution in [-0.4, -0.2) is 16.4 Å². The van der Waals surface area contributed by atoms with E-state index < -0.39 is 0 Å². The summed E-state index contributed by atoms with van der Waals surface area (Å²) in [5.74, 6) is 3.28. The summed E-state index contributed by atoms with van der Waals surface area (Å²) < 4.78 is 5.48. The van der Waals surface area contributed by atoms with E-state index in [1.807, 2.05) is 6.92 Å². The zero-order valence-corrected chi connectivity index (χ0v) is 8.42. The molecule has 0 fully saturated rings. The van der Waals surface area contributed by atoms with Crippen LogP contribution in [-0.2, 0) is 13.1 Å². The van der Waals surface area contributed by atoms with Crippen molar-refractivity contribution in [1.29, 1.82) is 0 Å². The third-order valence-electron chi connectivity index (χ3n) is 2.17. The maximum Gasteiger partial charge on any atom is 0.191 e. The van der Waals surface area contributed by atoms with Crippen LogP contribution in [0.1, 0.15) is 31.2 Å². The third-order valence-corrected chi connectivity index (χ3v) is 2.17. The molecule has 3 nitrogen and oxygen atoms in total. The standard InChI is InChI=1S/C10H15N2O/c1-7(2)4-12-5-9-10(6-12)13-8(3)11-9/h4-6H2,1-3H3. The Labute approximate surface area is 78.8 Å². The first-order chi connectivity index (χ1) is 6.15. The van der Waals surface area contributed by atoms with Crippen molar-refractivity contribution in [3.05, 3.63) is 23.3 Å². The number of fused-ring (bicyclic) bond motifs is 1. The van der Waals surface area contributed by atoms with Crippen molar-refractivity contribution in [2.75, 3.05) is 6.54 Å². The Morgan fingerprint density at radius 3 is 2.85 bits per heavy atom. The fourth-order valence-electron chi connectivity index (χ4n) is 1.79. The second-order valence-corrected chi connectivity index (χ2v) is 3.96. The summed E-state index contributed by atoms with van der Waals surface area (Å²) in [5.41, 5.74) is 1.12. The number of hydrogen-bond acceptors (Lipinski definition) is 3. The van der Waals surface area contributed by atoms with Gasteiger partial charge in [0, 0.05) is 20.0 Å². The number of oxazole rings is 1. The summed E-state index contributed by atoms with van der Waals surface area (Å²) in [6.45, 7) is 9.11. The van der Waals surface area contributed by atoms with E-state index in [4.69, 9.17) is 4.42 Å². The molecule has 13 heavy (non-hydrogen) atoms. The van der Waals surface area contributed by atoms with E-state index in [0.717, 1.165) is 37.0 Å². The Bertz CT molecular complexity index is 280. The van der Waals surface area contributed by atoms with Gasteiger partial charge >= 0.3 is 0 Å². The van der Waals surface area contributed by atoms with Crippen LogP contribution >= 0.6 is 0 Å². The summed E-state index contributed by atoms with van der Waals surface area (Å²) in [6, 6.07) is 0. The van der Waals surface area contributed by atoms with Crippen molar-refractivity contribution < 1.29 is 4.42 Å². The number of aromatic nitrogens is 1. The third kappa shape index (κ3) is 1.75. The smallest absolute Gasteiger partial charge is 0.191 e. The van der Waals surface area contributed by atoms with E-state index in [9.17, 15) is 0 Å². The average molecular weight is 179 g/mol. The van der Waals surface area contributed by atoms with E-state index >= 15 is 0 Å². The zero-order valence-electron chi connectivity index (χ0n) is 8.42. The lowest BCUT2D eigenvalue weighted by Crippen LogP contribution is -2.21. The van der Waals surface area contributed by atoms with Gasteiger partial charge in [-0.1, -0.05) is 13.8 Å². The molecule has 0 aromatic carbocycles. The minimum atomic E-state index is 0.793. The van der Waals surface area contributed by atoms with Crippen molar-refractivity contribution in [2.45, 2.75) is 33.9 Å². The number of aryl methyl sites for hydroxylation is 1.